The van der Waals surface area contributed by atoms with Gasteiger partial charge in [-0.25, -0.2) is 0 Å². The summed E-state index contributed by atoms with van der Waals surface area (Å²) in [5.41, 5.74) is 1.71. The average molecular weight is 129 g/mol. The average Bonchev–Trinajstić information content (AvgIpc) is 2.12. The Balaban J connectivity index is 2.77. The van der Waals surface area contributed by atoms with Crippen LogP contribution in [0, 0.1) is 0 Å². The van der Waals surface area contributed by atoms with Crippen molar-refractivity contribution in [2.75, 3.05) is 0 Å². The Bertz CT molecular complexity index is 147. The predicted molar refractivity (Wildman–Crippen MR) is 32.7 cm³/mol. The molecule has 0 unspecified atom stereocenters. The summed E-state index contributed by atoms with van der Waals surface area (Å²) in [7, 11) is 0. The molecular weight excluding hydrogens is 122 g/mol. The molecule has 0 aliphatic rings. The van der Waals surface area contributed by atoms with Crippen LogP contribution in [-0.4, -0.2) is 10.1 Å². The first-order valence-electron chi connectivity index (χ1n) is 2.37. The molecule has 44 valence electrons. The monoisotopic (exact) mass is 129 g/mol. The maximum absolute atomic E-state index is 8.88. The fraction of sp³-hybridized carbons (Fsp3) is 0.400. The summed E-state index contributed by atoms with van der Waals surface area (Å²) < 4.78 is 0. The minimum absolute atomic E-state index is 0.359. The molecule has 0 aromatic carbocycles. The third kappa shape index (κ3) is 1.05. The van der Waals surface area contributed by atoms with Crippen LogP contribution in [0.2, 0.25) is 0 Å². The molecule has 1 aromatic heterocycles. The van der Waals surface area contributed by atoms with E-state index in [4.69, 9.17) is 5.11 Å². The van der Waals surface area contributed by atoms with E-state index in [-0.39, 0.29) is 6.10 Å². The summed E-state index contributed by atoms with van der Waals surface area (Å²) in [6.45, 7) is 1.73. The van der Waals surface area contributed by atoms with Crippen LogP contribution in [-0.2, 0) is 0 Å². The summed E-state index contributed by atoms with van der Waals surface area (Å²) in [4.78, 5) is 4.72. The second-order valence-electron chi connectivity index (χ2n) is 1.58. The SMILES string of the molecule is C[C@@H](O)c1cncs1. The predicted octanol–water partition coefficient (Wildman–Crippen LogP) is 1.20. The largest absolute Gasteiger partial charge is 0.388 e. The number of aliphatic hydroxyl groups excluding tert-OH is 1. The van der Waals surface area contributed by atoms with Gasteiger partial charge in [0, 0.05) is 6.20 Å². The molecule has 0 amide bonds. The van der Waals surface area contributed by atoms with Gasteiger partial charge < -0.3 is 5.11 Å². The van der Waals surface area contributed by atoms with Crippen molar-refractivity contribution in [1.82, 2.24) is 4.98 Å². The molecule has 1 atom stereocenters. The number of hydrogen-bond donors (Lipinski definition) is 1. The molecule has 0 aliphatic carbocycles. The summed E-state index contributed by atoms with van der Waals surface area (Å²) in [6.07, 6.45) is 1.32. The zero-order valence-electron chi connectivity index (χ0n) is 4.53. The molecule has 2 nitrogen and oxygen atoms in total. The first kappa shape index (κ1) is 5.72. The highest BCUT2D eigenvalue weighted by atomic mass is 32.1. The molecule has 1 aromatic rings. The number of nitrogens with zero attached hydrogens (tertiary/aromatic N) is 1. The number of hydrogen-bond acceptors (Lipinski definition) is 3. The Morgan fingerprint density at radius 2 is 2.62 bits per heavy atom. The summed E-state index contributed by atoms with van der Waals surface area (Å²) >= 11 is 1.47. The first-order chi connectivity index (χ1) is 3.80. The van der Waals surface area contributed by atoms with Crippen molar-refractivity contribution in [1.29, 1.82) is 0 Å². The molecule has 1 rings (SSSR count). The molecule has 0 bridgehead atoms. The number of thiazole rings is 1. The van der Waals surface area contributed by atoms with Crippen LogP contribution < -0.4 is 0 Å². The normalized spacial score (nSPS) is 13.8. The lowest BCUT2D eigenvalue weighted by atomic mass is 10.4. The van der Waals surface area contributed by atoms with Gasteiger partial charge in [-0.1, -0.05) is 0 Å². The third-order valence-electron chi connectivity index (χ3n) is 0.863. The lowest BCUT2D eigenvalue weighted by Crippen LogP contribution is -1.83. The minimum Gasteiger partial charge on any atom is -0.388 e. The van der Waals surface area contributed by atoms with Gasteiger partial charge >= 0.3 is 0 Å². The van der Waals surface area contributed by atoms with E-state index in [1.807, 2.05) is 0 Å². The van der Waals surface area contributed by atoms with Gasteiger partial charge in [0.25, 0.3) is 0 Å². The van der Waals surface area contributed by atoms with E-state index in [9.17, 15) is 0 Å². The Morgan fingerprint density at radius 3 is 2.88 bits per heavy atom. The quantitative estimate of drug-likeness (QED) is 0.618. The van der Waals surface area contributed by atoms with Crippen molar-refractivity contribution in [3.63, 3.8) is 0 Å². The minimum atomic E-state index is -0.359. The van der Waals surface area contributed by atoms with Crippen LogP contribution in [0.25, 0.3) is 0 Å². The molecule has 0 saturated heterocycles. The highest BCUT2D eigenvalue weighted by Crippen LogP contribution is 2.14. The van der Waals surface area contributed by atoms with Crippen LogP contribution in [0.4, 0.5) is 0 Å². The molecule has 0 aliphatic heterocycles. The van der Waals surface area contributed by atoms with E-state index in [0.717, 1.165) is 4.88 Å². The Hall–Kier alpha value is -0.410. The van der Waals surface area contributed by atoms with Crippen LogP contribution in [0.15, 0.2) is 11.7 Å². The molecule has 1 heterocycles. The van der Waals surface area contributed by atoms with Gasteiger partial charge in [0.05, 0.1) is 16.5 Å². The smallest absolute Gasteiger partial charge is 0.0870 e. The van der Waals surface area contributed by atoms with Crippen molar-refractivity contribution < 1.29 is 5.11 Å². The van der Waals surface area contributed by atoms with Gasteiger partial charge in [-0.2, -0.15) is 0 Å². The van der Waals surface area contributed by atoms with Gasteiger partial charge in [0.2, 0.25) is 0 Å². The van der Waals surface area contributed by atoms with E-state index in [2.05, 4.69) is 4.98 Å². The fourth-order valence-electron chi connectivity index (χ4n) is 0.432. The molecule has 8 heavy (non-hydrogen) atoms. The second-order valence-corrected chi connectivity index (χ2v) is 2.50. The van der Waals surface area contributed by atoms with Crippen molar-refractivity contribution in [3.05, 3.63) is 16.6 Å². The van der Waals surface area contributed by atoms with Crippen LogP contribution in [0.5, 0.6) is 0 Å². The molecular formula is C5H7NOS. The molecule has 0 saturated carbocycles. The molecule has 1 N–H and O–H groups in total. The maximum Gasteiger partial charge on any atom is 0.0870 e. The number of aromatic nitrogens is 1. The van der Waals surface area contributed by atoms with Crippen molar-refractivity contribution in [2.24, 2.45) is 0 Å². The molecule has 0 spiro atoms. The zero-order valence-corrected chi connectivity index (χ0v) is 5.35. The van der Waals surface area contributed by atoms with E-state index in [0.29, 0.717) is 0 Å². The van der Waals surface area contributed by atoms with Crippen LogP contribution in [0.1, 0.15) is 17.9 Å². The van der Waals surface area contributed by atoms with Gasteiger partial charge in [-0.15, -0.1) is 11.3 Å². The summed E-state index contributed by atoms with van der Waals surface area (Å²) in [5.74, 6) is 0. The maximum atomic E-state index is 8.88. The van der Waals surface area contributed by atoms with Gasteiger partial charge in [-0.05, 0) is 6.92 Å². The second kappa shape index (κ2) is 2.24. The topological polar surface area (TPSA) is 33.1 Å². The Labute approximate surface area is 51.8 Å². The summed E-state index contributed by atoms with van der Waals surface area (Å²) in [6, 6.07) is 0. The van der Waals surface area contributed by atoms with Crippen LogP contribution >= 0.6 is 11.3 Å². The Morgan fingerprint density at radius 1 is 1.88 bits per heavy atom. The standard InChI is InChI=1S/C5H7NOS/c1-4(7)5-2-6-3-8-5/h2-4,7H,1H3/t4-/m1/s1. The lowest BCUT2D eigenvalue weighted by molar-refractivity contribution is 0.203. The van der Waals surface area contributed by atoms with Crippen LogP contribution in [0.3, 0.4) is 0 Å². The molecule has 0 radical (unpaired) electrons. The fourth-order valence-corrected chi connectivity index (χ4v) is 0.994. The first-order valence-corrected chi connectivity index (χ1v) is 3.25. The molecule has 3 heteroatoms. The highest BCUT2D eigenvalue weighted by molar-refractivity contribution is 7.09. The number of rotatable bonds is 1. The van der Waals surface area contributed by atoms with Crippen molar-refractivity contribution in [3.8, 4) is 0 Å². The van der Waals surface area contributed by atoms with Crippen molar-refractivity contribution in [2.45, 2.75) is 13.0 Å². The van der Waals surface area contributed by atoms with E-state index in [1.54, 1.807) is 18.6 Å². The zero-order chi connectivity index (χ0) is 5.98. The lowest BCUT2D eigenvalue weighted by Gasteiger charge is -1.93. The van der Waals surface area contributed by atoms with E-state index >= 15 is 0 Å². The van der Waals surface area contributed by atoms with Crippen molar-refractivity contribution >= 4 is 11.3 Å². The van der Waals surface area contributed by atoms with Gasteiger partial charge in [-0.3, -0.25) is 4.98 Å². The van der Waals surface area contributed by atoms with E-state index in [1.165, 1.54) is 11.3 Å². The Kier molecular flexibility index (Phi) is 1.60. The van der Waals surface area contributed by atoms with Gasteiger partial charge in [0.1, 0.15) is 0 Å². The van der Waals surface area contributed by atoms with Gasteiger partial charge in [0.15, 0.2) is 0 Å². The highest BCUT2D eigenvalue weighted by Gasteiger charge is 1.98. The third-order valence-corrected chi connectivity index (χ3v) is 1.81. The molecule has 0 fully saturated rings. The van der Waals surface area contributed by atoms with E-state index < -0.39 is 0 Å². The number of aliphatic hydroxyl groups is 1. The summed E-state index contributed by atoms with van der Waals surface area (Å²) in [5, 5.41) is 8.88.